The third kappa shape index (κ3) is 4.79. The minimum atomic E-state index is -0.484. The Balaban J connectivity index is 1.76. The molecule has 10 heteroatoms. The molecule has 2 amide bonds. The van der Waals surface area contributed by atoms with Crippen molar-refractivity contribution in [1.29, 1.82) is 0 Å². The number of amides is 2. The zero-order valence-electron chi connectivity index (χ0n) is 15.6. The number of para-hydroxylation sites is 1. The minimum Gasteiger partial charge on any atom is -0.339 e. The maximum atomic E-state index is 12.6. The lowest BCUT2D eigenvalue weighted by Gasteiger charge is -2.12. The van der Waals surface area contributed by atoms with E-state index in [0.717, 1.165) is 11.8 Å². The number of nitro groups is 1. The Kier molecular flexibility index (Phi) is 5.93. The van der Waals surface area contributed by atoms with Gasteiger partial charge in [0, 0.05) is 37.3 Å². The van der Waals surface area contributed by atoms with Crippen molar-refractivity contribution in [3.63, 3.8) is 0 Å². The number of non-ortho nitro benzene ring substituents is 1. The molecule has 0 aliphatic carbocycles. The Morgan fingerprint density at radius 1 is 1.14 bits per heavy atom. The molecule has 1 aromatic heterocycles. The zero-order valence-corrected chi connectivity index (χ0v) is 16.4. The van der Waals surface area contributed by atoms with Crippen molar-refractivity contribution < 1.29 is 14.5 Å². The van der Waals surface area contributed by atoms with Crippen LogP contribution in [0.5, 0.6) is 0 Å². The van der Waals surface area contributed by atoms with Gasteiger partial charge in [-0.05, 0) is 36.0 Å². The number of carbonyl (C=O) groups is 2. The number of rotatable bonds is 5. The smallest absolute Gasteiger partial charge is 0.286 e. The van der Waals surface area contributed by atoms with Crippen LogP contribution in [-0.4, -0.2) is 44.8 Å². The monoisotopic (exact) mass is 411 g/mol. The highest BCUT2D eigenvalue weighted by Gasteiger charge is 2.15. The molecule has 0 radical (unpaired) electrons. The fourth-order valence-corrected chi connectivity index (χ4v) is 3.09. The van der Waals surface area contributed by atoms with E-state index >= 15 is 0 Å². The molecule has 2 aromatic carbocycles. The fourth-order valence-electron chi connectivity index (χ4n) is 2.35. The van der Waals surface area contributed by atoms with E-state index in [9.17, 15) is 19.7 Å². The third-order valence-corrected chi connectivity index (χ3v) is 4.98. The minimum absolute atomic E-state index is 0.0275. The van der Waals surface area contributed by atoms with Crippen LogP contribution in [0.2, 0.25) is 0 Å². The number of nitro benzene ring substituents is 1. The number of carbonyl (C=O) groups excluding carboxylic acids is 2. The lowest BCUT2D eigenvalue weighted by molar-refractivity contribution is -0.384. The molecule has 0 aliphatic heterocycles. The molecule has 3 rings (SSSR count). The Labute approximate surface area is 170 Å². The van der Waals surface area contributed by atoms with Crippen LogP contribution in [0.15, 0.2) is 65.8 Å². The lowest BCUT2D eigenvalue weighted by atomic mass is 10.2. The van der Waals surface area contributed by atoms with Gasteiger partial charge in [0.15, 0.2) is 0 Å². The molecular weight excluding hydrogens is 394 g/mol. The van der Waals surface area contributed by atoms with Crippen LogP contribution in [-0.2, 0) is 0 Å². The van der Waals surface area contributed by atoms with Gasteiger partial charge < -0.3 is 10.2 Å². The highest BCUT2D eigenvalue weighted by atomic mass is 32.2. The molecule has 0 saturated heterocycles. The average molecular weight is 411 g/mol. The van der Waals surface area contributed by atoms with Gasteiger partial charge in [-0.25, -0.2) is 4.68 Å². The molecule has 1 N–H and O–H groups in total. The average Bonchev–Trinajstić information content (AvgIpc) is 3.20. The number of nitrogens with one attached hydrogen (secondary N) is 1. The van der Waals surface area contributed by atoms with E-state index in [1.54, 1.807) is 50.5 Å². The van der Waals surface area contributed by atoms with Gasteiger partial charge in [-0.1, -0.05) is 12.1 Å². The summed E-state index contributed by atoms with van der Waals surface area (Å²) in [7, 11) is 3.31. The molecule has 1 heterocycles. The molecule has 148 valence electrons. The molecule has 0 spiro atoms. The number of hydrogen-bond donors (Lipinski definition) is 1. The molecule has 3 aromatic rings. The summed E-state index contributed by atoms with van der Waals surface area (Å²) >= 11 is 1.02. The Hall–Kier alpha value is -3.66. The summed E-state index contributed by atoms with van der Waals surface area (Å²) in [5.74, 6) is -0.386. The van der Waals surface area contributed by atoms with E-state index in [1.807, 2.05) is 0 Å². The summed E-state index contributed by atoms with van der Waals surface area (Å²) < 4.78 is 1.45. The van der Waals surface area contributed by atoms with Gasteiger partial charge >= 0.3 is 0 Å². The standard InChI is InChI=1S/C19H17N5O4S/c1-22(2)19(26)29-17-6-4-3-5-16(17)21-18(25)13-11-20-23(12-13)14-7-9-15(10-8-14)24(27)28/h3-12H,1-2H3,(H,21,25). The Bertz CT molecular complexity index is 1060. The lowest BCUT2D eigenvalue weighted by Crippen LogP contribution is -2.17. The Morgan fingerprint density at radius 3 is 2.48 bits per heavy atom. The van der Waals surface area contributed by atoms with Crippen molar-refractivity contribution in [2.75, 3.05) is 19.4 Å². The second-order valence-corrected chi connectivity index (χ2v) is 7.15. The van der Waals surface area contributed by atoms with Crippen molar-refractivity contribution in [2.45, 2.75) is 4.90 Å². The second-order valence-electron chi connectivity index (χ2n) is 6.16. The molecular formula is C19H17N5O4S. The summed E-state index contributed by atoms with van der Waals surface area (Å²) in [5, 5.41) is 17.5. The van der Waals surface area contributed by atoms with Gasteiger partial charge in [0.1, 0.15) is 0 Å². The van der Waals surface area contributed by atoms with E-state index < -0.39 is 4.92 Å². The predicted octanol–water partition coefficient (Wildman–Crippen LogP) is 3.81. The first-order valence-corrected chi connectivity index (χ1v) is 9.26. The number of thioether (sulfide) groups is 1. The number of nitrogens with zero attached hydrogens (tertiary/aromatic N) is 4. The first-order chi connectivity index (χ1) is 13.8. The molecule has 0 saturated carbocycles. The van der Waals surface area contributed by atoms with E-state index in [4.69, 9.17) is 0 Å². The summed E-state index contributed by atoms with van der Waals surface area (Å²) in [6.07, 6.45) is 2.93. The van der Waals surface area contributed by atoms with Crippen molar-refractivity contribution in [2.24, 2.45) is 0 Å². The van der Waals surface area contributed by atoms with E-state index in [0.29, 0.717) is 21.8 Å². The highest BCUT2D eigenvalue weighted by molar-refractivity contribution is 8.13. The van der Waals surface area contributed by atoms with Gasteiger partial charge in [0.05, 0.1) is 28.1 Å². The molecule has 0 atom stereocenters. The van der Waals surface area contributed by atoms with Gasteiger partial charge in [0.2, 0.25) is 0 Å². The van der Waals surface area contributed by atoms with E-state index in [2.05, 4.69) is 10.4 Å². The van der Waals surface area contributed by atoms with Crippen LogP contribution < -0.4 is 5.32 Å². The van der Waals surface area contributed by atoms with Crippen LogP contribution in [0.4, 0.5) is 16.2 Å². The number of aromatic nitrogens is 2. The zero-order chi connectivity index (χ0) is 21.0. The summed E-state index contributed by atoms with van der Waals surface area (Å²) in [6, 6.07) is 12.8. The fraction of sp³-hybridized carbons (Fsp3) is 0.105. The van der Waals surface area contributed by atoms with E-state index in [-0.39, 0.29) is 16.8 Å². The number of hydrogen-bond acceptors (Lipinski definition) is 6. The first-order valence-electron chi connectivity index (χ1n) is 8.44. The third-order valence-electron chi connectivity index (χ3n) is 3.87. The van der Waals surface area contributed by atoms with Crippen molar-refractivity contribution in [3.05, 3.63) is 76.6 Å². The molecule has 0 unspecified atom stereocenters. The van der Waals surface area contributed by atoms with Gasteiger partial charge in [-0.2, -0.15) is 5.10 Å². The SMILES string of the molecule is CN(C)C(=O)Sc1ccccc1NC(=O)c1cnn(-c2ccc([N+](=O)[O-])cc2)c1. The van der Waals surface area contributed by atoms with Crippen LogP contribution in [0.1, 0.15) is 10.4 Å². The van der Waals surface area contributed by atoms with Crippen molar-refractivity contribution in [3.8, 4) is 5.69 Å². The van der Waals surface area contributed by atoms with Crippen molar-refractivity contribution in [1.82, 2.24) is 14.7 Å². The van der Waals surface area contributed by atoms with Gasteiger partial charge in [0.25, 0.3) is 16.8 Å². The van der Waals surface area contributed by atoms with Crippen LogP contribution in [0.25, 0.3) is 5.69 Å². The van der Waals surface area contributed by atoms with Crippen LogP contribution in [0.3, 0.4) is 0 Å². The first kappa shape index (κ1) is 20.1. The summed E-state index contributed by atoms with van der Waals surface area (Å²) in [6.45, 7) is 0. The van der Waals surface area contributed by atoms with Crippen molar-refractivity contribution >= 4 is 34.3 Å². The molecule has 9 nitrogen and oxygen atoms in total. The Morgan fingerprint density at radius 2 is 1.83 bits per heavy atom. The summed E-state index contributed by atoms with van der Waals surface area (Å²) in [5.41, 5.74) is 1.38. The highest BCUT2D eigenvalue weighted by Crippen LogP contribution is 2.29. The normalized spacial score (nSPS) is 10.4. The molecule has 0 bridgehead atoms. The van der Waals surface area contributed by atoms with Gasteiger partial charge in [-0.3, -0.25) is 19.7 Å². The van der Waals surface area contributed by atoms with Gasteiger partial charge in [-0.15, -0.1) is 0 Å². The number of benzene rings is 2. The molecule has 0 fully saturated rings. The maximum absolute atomic E-state index is 12.6. The number of anilines is 1. The topological polar surface area (TPSA) is 110 Å². The maximum Gasteiger partial charge on any atom is 0.286 e. The second kappa shape index (κ2) is 8.57. The van der Waals surface area contributed by atoms with Crippen LogP contribution in [0, 0.1) is 10.1 Å². The predicted molar refractivity (Wildman–Crippen MR) is 110 cm³/mol. The quantitative estimate of drug-likeness (QED) is 0.388. The molecule has 0 aliphatic rings. The molecule has 29 heavy (non-hydrogen) atoms. The largest absolute Gasteiger partial charge is 0.339 e. The van der Waals surface area contributed by atoms with E-state index in [1.165, 1.54) is 34.1 Å². The van der Waals surface area contributed by atoms with Crippen LogP contribution >= 0.6 is 11.8 Å². The summed E-state index contributed by atoms with van der Waals surface area (Å²) in [4.78, 5) is 36.9.